The molecule has 1 heterocycles. The number of benzene rings is 2. The van der Waals surface area contributed by atoms with Gasteiger partial charge in [-0.2, -0.15) is 0 Å². The summed E-state index contributed by atoms with van der Waals surface area (Å²) < 4.78 is 5.24. The van der Waals surface area contributed by atoms with E-state index in [0.717, 1.165) is 0 Å². The smallest absolute Gasteiger partial charge is 0.347 e. The van der Waals surface area contributed by atoms with Crippen molar-refractivity contribution in [2.75, 3.05) is 0 Å². The fourth-order valence-corrected chi connectivity index (χ4v) is 2.18. The number of carboxylic acid groups (broad SMARTS) is 1. The zero-order chi connectivity index (χ0) is 14.8. The molecule has 0 saturated carbocycles. The molecule has 2 aromatic carbocycles. The van der Waals surface area contributed by atoms with Crippen LogP contribution in [0.15, 0.2) is 57.7 Å². The normalized spacial score (nSPS) is 10.7. The summed E-state index contributed by atoms with van der Waals surface area (Å²) in [5, 5.41) is 9.35. The summed E-state index contributed by atoms with van der Waals surface area (Å²) in [7, 11) is 0. The molecule has 3 aromatic rings. The molecule has 3 rings (SSSR count). The van der Waals surface area contributed by atoms with Crippen molar-refractivity contribution in [3.63, 3.8) is 0 Å². The number of nitrogens with zero attached hydrogens (tertiary/aromatic N) is 1. The highest BCUT2D eigenvalue weighted by Gasteiger charge is 2.13. The molecule has 0 unspecified atom stereocenters. The molecule has 5 nitrogen and oxygen atoms in total. The van der Waals surface area contributed by atoms with Gasteiger partial charge in [-0.1, -0.05) is 30.3 Å². The second-order valence-electron chi connectivity index (χ2n) is 4.55. The molecule has 0 spiro atoms. The first-order valence-corrected chi connectivity index (χ1v) is 6.35. The molecule has 0 amide bonds. The largest absolute Gasteiger partial charge is 0.481 e. The van der Waals surface area contributed by atoms with E-state index < -0.39 is 11.6 Å². The second-order valence-corrected chi connectivity index (χ2v) is 4.55. The molecule has 0 saturated heterocycles. The van der Waals surface area contributed by atoms with E-state index in [1.165, 1.54) is 0 Å². The van der Waals surface area contributed by atoms with Crippen LogP contribution in [0.4, 0.5) is 0 Å². The van der Waals surface area contributed by atoms with Crippen LogP contribution in [-0.2, 0) is 11.2 Å². The van der Waals surface area contributed by atoms with Crippen LogP contribution >= 0.6 is 0 Å². The van der Waals surface area contributed by atoms with Crippen molar-refractivity contribution in [2.45, 2.75) is 6.42 Å². The Hall–Kier alpha value is -2.95. The molecule has 1 aromatic heterocycles. The van der Waals surface area contributed by atoms with Crippen molar-refractivity contribution in [3.05, 3.63) is 64.5 Å². The number of rotatable bonds is 3. The zero-order valence-electron chi connectivity index (χ0n) is 10.9. The maximum Gasteiger partial charge on any atom is 0.347 e. The molecule has 5 heteroatoms. The molecule has 21 heavy (non-hydrogen) atoms. The third kappa shape index (κ3) is 2.53. The van der Waals surface area contributed by atoms with E-state index in [2.05, 4.69) is 4.98 Å². The Labute approximate surface area is 119 Å². The Morgan fingerprint density at radius 1 is 1.10 bits per heavy atom. The van der Waals surface area contributed by atoms with E-state index >= 15 is 0 Å². The van der Waals surface area contributed by atoms with Crippen LogP contribution < -0.4 is 5.63 Å². The summed E-state index contributed by atoms with van der Waals surface area (Å²) in [6, 6.07) is 13.7. The van der Waals surface area contributed by atoms with Gasteiger partial charge in [0.2, 0.25) is 5.89 Å². The quantitative estimate of drug-likeness (QED) is 0.797. The standard InChI is InChI=1S/C16H11NO4/c18-14(19)9-10-5-1-2-6-11(10)15-17-13-8-4-3-7-12(13)16(20)21-15/h1-8H,9H2,(H,18,19). The SMILES string of the molecule is O=C(O)Cc1ccccc1-c1nc2ccccc2c(=O)o1. The van der Waals surface area contributed by atoms with E-state index in [9.17, 15) is 9.59 Å². The van der Waals surface area contributed by atoms with Crippen molar-refractivity contribution < 1.29 is 14.3 Å². The summed E-state index contributed by atoms with van der Waals surface area (Å²) in [5.41, 5.74) is 1.10. The van der Waals surface area contributed by atoms with Gasteiger partial charge in [0, 0.05) is 5.56 Å². The molecular weight excluding hydrogens is 270 g/mol. The Kier molecular flexibility index (Phi) is 3.23. The van der Waals surface area contributed by atoms with Gasteiger partial charge in [-0.15, -0.1) is 0 Å². The monoisotopic (exact) mass is 281 g/mol. The fourth-order valence-electron chi connectivity index (χ4n) is 2.18. The lowest BCUT2D eigenvalue weighted by molar-refractivity contribution is -0.136. The molecule has 0 aliphatic rings. The second kappa shape index (κ2) is 5.20. The summed E-state index contributed by atoms with van der Waals surface area (Å²) in [4.78, 5) is 27.2. The first-order chi connectivity index (χ1) is 10.1. The minimum absolute atomic E-state index is 0.135. The van der Waals surface area contributed by atoms with E-state index in [-0.39, 0.29) is 12.3 Å². The maximum atomic E-state index is 12.0. The topological polar surface area (TPSA) is 80.4 Å². The fraction of sp³-hybridized carbons (Fsp3) is 0.0625. The molecular formula is C16H11NO4. The molecule has 0 atom stereocenters. The Morgan fingerprint density at radius 2 is 1.81 bits per heavy atom. The van der Waals surface area contributed by atoms with Gasteiger partial charge in [-0.3, -0.25) is 4.79 Å². The third-order valence-electron chi connectivity index (χ3n) is 3.12. The van der Waals surface area contributed by atoms with E-state index in [1.807, 2.05) is 0 Å². The Balaban J connectivity index is 2.21. The minimum atomic E-state index is -0.953. The van der Waals surface area contributed by atoms with E-state index in [4.69, 9.17) is 9.52 Å². The number of carboxylic acids is 1. The first-order valence-electron chi connectivity index (χ1n) is 6.35. The van der Waals surface area contributed by atoms with Crippen LogP contribution in [0.25, 0.3) is 22.4 Å². The lowest BCUT2D eigenvalue weighted by Crippen LogP contribution is -2.06. The van der Waals surface area contributed by atoms with Gasteiger partial charge < -0.3 is 9.52 Å². The van der Waals surface area contributed by atoms with Crippen LogP contribution in [0, 0.1) is 0 Å². The van der Waals surface area contributed by atoms with Crippen molar-refractivity contribution in [1.82, 2.24) is 4.98 Å². The Morgan fingerprint density at radius 3 is 2.62 bits per heavy atom. The van der Waals surface area contributed by atoms with E-state index in [0.29, 0.717) is 22.0 Å². The highest BCUT2D eigenvalue weighted by molar-refractivity contribution is 5.79. The molecule has 0 bridgehead atoms. The van der Waals surface area contributed by atoms with Crippen LogP contribution in [0.3, 0.4) is 0 Å². The van der Waals surface area contributed by atoms with Crippen molar-refractivity contribution in [2.24, 2.45) is 0 Å². The number of hydrogen-bond donors (Lipinski definition) is 1. The van der Waals surface area contributed by atoms with Crippen LogP contribution in [-0.4, -0.2) is 16.1 Å². The van der Waals surface area contributed by atoms with Gasteiger partial charge in [0.15, 0.2) is 0 Å². The van der Waals surface area contributed by atoms with Crippen molar-refractivity contribution in [3.8, 4) is 11.5 Å². The highest BCUT2D eigenvalue weighted by atomic mass is 16.4. The van der Waals surface area contributed by atoms with Crippen molar-refractivity contribution >= 4 is 16.9 Å². The van der Waals surface area contributed by atoms with Crippen LogP contribution in [0.1, 0.15) is 5.56 Å². The number of fused-ring (bicyclic) bond motifs is 1. The number of para-hydroxylation sites is 1. The van der Waals surface area contributed by atoms with Gasteiger partial charge >= 0.3 is 11.6 Å². The predicted molar refractivity (Wildman–Crippen MR) is 77.1 cm³/mol. The molecule has 1 N–H and O–H groups in total. The summed E-state index contributed by atoms with van der Waals surface area (Å²) in [6.07, 6.45) is -0.158. The molecule has 104 valence electrons. The predicted octanol–water partition coefficient (Wildman–Crippen LogP) is 2.48. The van der Waals surface area contributed by atoms with Gasteiger partial charge in [0.05, 0.1) is 17.3 Å². The minimum Gasteiger partial charge on any atom is -0.481 e. The van der Waals surface area contributed by atoms with Gasteiger partial charge in [-0.05, 0) is 23.8 Å². The molecule has 0 radical (unpaired) electrons. The molecule has 0 aliphatic heterocycles. The van der Waals surface area contributed by atoms with Gasteiger partial charge in [0.1, 0.15) is 0 Å². The maximum absolute atomic E-state index is 12.0. The summed E-state index contributed by atoms with van der Waals surface area (Å²) >= 11 is 0. The Bertz CT molecular complexity index is 883. The summed E-state index contributed by atoms with van der Waals surface area (Å²) in [6.45, 7) is 0. The average molecular weight is 281 g/mol. The van der Waals surface area contributed by atoms with Crippen LogP contribution in [0.2, 0.25) is 0 Å². The highest BCUT2D eigenvalue weighted by Crippen LogP contribution is 2.23. The average Bonchev–Trinajstić information content (AvgIpc) is 2.47. The van der Waals surface area contributed by atoms with Crippen molar-refractivity contribution in [1.29, 1.82) is 0 Å². The number of carbonyl (C=O) groups is 1. The number of hydrogen-bond acceptors (Lipinski definition) is 4. The lowest BCUT2D eigenvalue weighted by Gasteiger charge is -2.06. The van der Waals surface area contributed by atoms with Gasteiger partial charge in [0.25, 0.3) is 0 Å². The first kappa shape index (κ1) is 13.1. The number of aliphatic carboxylic acids is 1. The lowest BCUT2D eigenvalue weighted by atomic mass is 10.0. The third-order valence-corrected chi connectivity index (χ3v) is 3.12. The van der Waals surface area contributed by atoms with Crippen LogP contribution in [0.5, 0.6) is 0 Å². The molecule has 0 fully saturated rings. The zero-order valence-corrected chi connectivity index (χ0v) is 10.9. The van der Waals surface area contributed by atoms with E-state index in [1.54, 1.807) is 48.5 Å². The number of aromatic nitrogens is 1. The molecule has 0 aliphatic carbocycles. The summed E-state index contributed by atoms with van der Waals surface area (Å²) in [5.74, 6) is -0.818. The van der Waals surface area contributed by atoms with Gasteiger partial charge in [-0.25, -0.2) is 9.78 Å².